The molecule has 1 aliphatic rings. The van der Waals surface area contributed by atoms with Gasteiger partial charge in [-0.2, -0.15) is 0 Å². The van der Waals surface area contributed by atoms with Gasteiger partial charge in [0.15, 0.2) is 0 Å². The van der Waals surface area contributed by atoms with Gasteiger partial charge in [-0.15, -0.1) is 0 Å². The first-order valence-corrected chi connectivity index (χ1v) is 16.8. The molecule has 0 aromatic carbocycles. The summed E-state index contributed by atoms with van der Waals surface area (Å²) in [6.07, 6.45) is 2.75. The fourth-order valence-electron chi connectivity index (χ4n) is 5.76. The Morgan fingerprint density at radius 3 is 1.79 bits per heavy atom. The van der Waals surface area contributed by atoms with Crippen molar-refractivity contribution in [3.05, 3.63) is 0 Å². The third-order valence-corrected chi connectivity index (χ3v) is 8.40. The van der Waals surface area contributed by atoms with Crippen molar-refractivity contribution in [3.8, 4) is 0 Å². The molecule has 0 unspecified atom stereocenters. The van der Waals surface area contributed by atoms with Crippen LogP contribution in [0, 0.1) is 23.2 Å². The first kappa shape index (κ1) is 43.8. The Kier molecular flexibility index (Phi) is 19.5. The number of nitrogens with one attached hydrogen (secondary N) is 5. The molecule has 0 aliphatic heterocycles. The van der Waals surface area contributed by atoms with Crippen LogP contribution in [-0.4, -0.2) is 77.4 Å². The van der Waals surface area contributed by atoms with E-state index in [0.717, 1.165) is 32.1 Å². The Hall–Kier alpha value is -3.22. The molecular formula is C34H64N6O7. The quantitative estimate of drug-likeness (QED) is 0.109. The van der Waals surface area contributed by atoms with E-state index in [2.05, 4.69) is 26.6 Å². The van der Waals surface area contributed by atoms with Crippen LogP contribution in [0.2, 0.25) is 0 Å². The molecule has 0 aromatic heterocycles. The number of likely N-dealkylation sites (N-methyl/N-ethyl adjacent to an activating group) is 1. The van der Waals surface area contributed by atoms with Crippen LogP contribution < -0.4 is 32.3 Å². The number of hydrogen-bond donors (Lipinski definition) is 7. The maximum absolute atomic E-state index is 13.5. The van der Waals surface area contributed by atoms with E-state index in [9.17, 15) is 33.9 Å². The molecule has 272 valence electrons. The van der Waals surface area contributed by atoms with Crippen molar-refractivity contribution in [1.82, 2.24) is 26.6 Å². The maximum Gasteiger partial charge on any atom is 0.243 e. The Balaban J connectivity index is 0.0000212. The van der Waals surface area contributed by atoms with Crippen LogP contribution in [0.5, 0.6) is 0 Å². The monoisotopic (exact) mass is 668 g/mol. The van der Waals surface area contributed by atoms with Gasteiger partial charge in [-0.3, -0.25) is 28.8 Å². The maximum atomic E-state index is 13.5. The van der Waals surface area contributed by atoms with E-state index in [0.29, 0.717) is 13.0 Å². The average molecular weight is 669 g/mol. The van der Waals surface area contributed by atoms with Gasteiger partial charge >= 0.3 is 0 Å². The van der Waals surface area contributed by atoms with Crippen LogP contribution in [0.4, 0.5) is 0 Å². The smallest absolute Gasteiger partial charge is 0.243 e. The number of amides is 6. The fourth-order valence-corrected chi connectivity index (χ4v) is 5.76. The normalized spacial score (nSPS) is 17.4. The van der Waals surface area contributed by atoms with E-state index in [4.69, 9.17) is 5.73 Å². The Bertz CT molecular complexity index is 1040. The molecule has 0 aromatic rings. The highest BCUT2D eigenvalue weighted by Gasteiger charge is 2.38. The summed E-state index contributed by atoms with van der Waals surface area (Å²) < 4.78 is 0. The van der Waals surface area contributed by atoms with Crippen molar-refractivity contribution < 1.29 is 33.9 Å². The number of aliphatic hydroxyl groups is 1. The summed E-state index contributed by atoms with van der Waals surface area (Å²) in [6.45, 7) is 15.2. The third-order valence-electron chi connectivity index (χ3n) is 8.40. The lowest BCUT2D eigenvalue weighted by Crippen LogP contribution is -2.58. The highest BCUT2D eigenvalue weighted by molar-refractivity contribution is 5.95. The summed E-state index contributed by atoms with van der Waals surface area (Å²) in [5, 5.41) is 24.6. The third kappa shape index (κ3) is 15.5. The van der Waals surface area contributed by atoms with Gasteiger partial charge in [0, 0.05) is 12.0 Å². The SMILES string of the molecule is C.CCNC(=O)[C@@H](NC(=O)C[C@H](O)[C@H](CC(C)C)NC(=O)[C@H](CC(N)=O)NC(=O)[C@@H](CC(C)C)NC(=O)C1(C)CCCCC1)C(C)C. The van der Waals surface area contributed by atoms with Gasteiger partial charge in [0.25, 0.3) is 0 Å². The van der Waals surface area contributed by atoms with Crippen LogP contribution >= 0.6 is 0 Å². The molecule has 47 heavy (non-hydrogen) atoms. The van der Waals surface area contributed by atoms with Crippen LogP contribution in [0.25, 0.3) is 0 Å². The zero-order chi connectivity index (χ0) is 35.2. The van der Waals surface area contributed by atoms with Crippen molar-refractivity contribution >= 4 is 35.4 Å². The minimum atomic E-state index is -1.37. The van der Waals surface area contributed by atoms with Crippen molar-refractivity contribution in [2.45, 2.75) is 151 Å². The summed E-state index contributed by atoms with van der Waals surface area (Å²) >= 11 is 0. The molecule has 13 nitrogen and oxygen atoms in total. The van der Waals surface area contributed by atoms with Gasteiger partial charge in [-0.25, -0.2) is 0 Å². The summed E-state index contributed by atoms with van der Waals surface area (Å²) in [5.41, 5.74) is 4.85. The van der Waals surface area contributed by atoms with Crippen molar-refractivity contribution in [3.63, 3.8) is 0 Å². The molecule has 0 spiro atoms. The van der Waals surface area contributed by atoms with Gasteiger partial charge in [-0.1, -0.05) is 75.2 Å². The number of carbonyl (C=O) groups excluding carboxylic acids is 6. The molecule has 1 saturated carbocycles. The molecule has 0 saturated heterocycles. The van der Waals surface area contributed by atoms with Crippen molar-refractivity contribution in [2.24, 2.45) is 28.9 Å². The molecule has 1 fully saturated rings. The molecule has 5 atom stereocenters. The van der Waals surface area contributed by atoms with Crippen LogP contribution in [0.1, 0.15) is 121 Å². The summed E-state index contributed by atoms with van der Waals surface area (Å²) in [7, 11) is 0. The van der Waals surface area contributed by atoms with E-state index in [1.165, 1.54) is 0 Å². The molecule has 0 heterocycles. The molecule has 1 aliphatic carbocycles. The standard InChI is InChI=1S/C33H60N6O7.CH4/c1-9-35-31(45)28(21(6)7)39-27(42)18-25(40)22(15-19(2)3)36-30(44)24(17-26(34)41)37-29(43)23(16-20(4)5)38-32(46)33(8)13-11-10-12-14-33;/h19-25,28,40H,9-18H2,1-8H3,(H2,34,41)(H,35,45)(H,36,44)(H,37,43)(H,38,46)(H,39,42);1H4/t22-,23+,24-,25-,28-;/m0./s1. The van der Waals surface area contributed by atoms with Crippen LogP contribution in [0.3, 0.4) is 0 Å². The molecule has 1 rings (SSSR count). The molecule has 0 radical (unpaired) electrons. The fraction of sp³-hybridized carbons (Fsp3) is 0.824. The Morgan fingerprint density at radius 2 is 1.30 bits per heavy atom. The van der Waals surface area contributed by atoms with Gasteiger partial charge < -0.3 is 37.4 Å². The first-order valence-electron chi connectivity index (χ1n) is 16.8. The molecule has 6 amide bonds. The van der Waals surface area contributed by atoms with E-state index in [1.807, 2.05) is 34.6 Å². The number of primary amides is 1. The zero-order valence-corrected chi connectivity index (χ0v) is 29.2. The van der Waals surface area contributed by atoms with E-state index >= 15 is 0 Å². The highest BCUT2D eigenvalue weighted by Crippen LogP contribution is 2.36. The lowest BCUT2D eigenvalue weighted by molar-refractivity contribution is -0.138. The zero-order valence-electron chi connectivity index (χ0n) is 29.2. The molecular weight excluding hydrogens is 604 g/mol. The minimum absolute atomic E-state index is 0. The second-order valence-electron chi connectivity index (χ2n) is 14.2. The number of hydrogen-bond acceptors (Lipinski definition) is 7. The van der Waals surface area contributed by atoms with Gasteiger partial charge in [0.2, 0.25) is 35.4 Å². The lowest BCUT2D eigenvalue weighted by Gasteiger charge is -2.34. The van der Waals surface area contributed by atoms with Crippen molar-refractivity contribution in [2.75, 3.05) is 6.54 Å². The predicted octanol–water partition coefficient (Wildman–Crippen LogP) is 2.04. The van der Waals surface area contributed by atoms with Crippen molar-refractivity contribution in [1.29, 1.82) is 0 Å². The summed E-state index contributed by atoms with van der Waals surface area (Å²) in [5.74, 6) is -3.48. The topological polar surface area (TPSA) is 209 Å². The predicted molar refractivity (Wildman–Crippen MR) is 183 cm³/mol. The lowest BCUT2D eigenvalue weighted by atomic mass is 9.75. The Morgan fingerprint density at radius 1 is 0.745 bits per heavy atom. The van der Waals surface area contributed by atoms with E-state index < -0.39 is 72.2 Å². The number of nitrogens with two attached hydrogens (primary N) is 1. The molecule has 13 heteroatoms. The number of aliphatic hydroxyl groups excluding tert-OH is 1. The second kappa shape index (κ2) is 20.9. The molecule has 0 bridgehead atoms. The number of carbonyl (C=O) groups is 6. The average Bonchev–Trinajstić information content (AvgIpc) is 2.94. The Labute approximate surface area is 282 Å². The van der Waals surface area contributed by atoms with E-state index in [1.54, 1.807) is 20.8 Å². The van der Waals surface area contributed by atoms with Crippen LogP contribution in [-0.2, 0) is 28.8 Å². The first-order chi connectivity index (χ1) is 21.4. The summed E-state index contributed by atoms with van der Waals surface area (Å²) in [6, 6.07) is -4.02. The highest BCUT2D eigenvalue weighted by atomic mass is 16.3. The van der Waals surface area contributed by atoms with E-state index in [-0.39, 0.29) is 43.4 Å². The summed E-state index contributed by atoms with van der Waals surface area (Å²) in [4.78, 5) is 77.5. The largest absolute Gasteiger partial charge is 0.390 e. The molecule has 8 N–H and O–H groups in total. The second-order valence-corrected chi connectivity index (χ2v) is 14.2. The van der Waals surface area contributed by atoms with Crippen LogP contribution in [0.15, 0.2) is 0 Å². The minimum Gasteiger partial charge on any atom is -0.390 e. The van der Waals surface area contributed by atoms with Gasteiger partial charge in [-0.05, 0) is 50.4 Å². The van der Waals surface area contributed by atoms with Gasteiger partial charge in [0.05, 0.1) is 25.0 Å². The van der Waals surface area contributed by atoms with Gasteiger partial charge in [0.1, 0.15) is 18.1 Å². The number of rotatable bonds is 19.